The standard InChI is InChI=1S/C21H24N2O3/c1-15-5-7-19(26-15)14-22-13-16-12-17(6-8-18-4-2-11-25-18)23-10-3-9-21(16,23)20(22)24/h2,4-8,11,16-17H,3,9-10,12-14H2,1H3/b8-6+/t16-,17+,21-/m0/s1. The molecule has 0 aromatic carbocycles. The number of amides is 1. The maximum atomic E-state index is 13.4. The minimum Gasteiger partial charge on any atom is -0.465 e. The largest absolute Gasteiger partial charge is 0.465 e. The second-order valence-corrected chi connectivity index (χ2v) is 7.79. The van der Waals surface area contributed by atoms with E-state index in [2.05, 4.69) is 11.0 Å². The van der Waals surface area contributed by atoms with Crippen LogP contribution in [-0.2, 0) is 11.3 Å². The van der Waals surface area contributed by atoms with E-state index in [-0.39, 0.29) is 5.54 Å². The molecule has 2 aromatic heterocycles. The number of carbonyl (C=O) groups is 1. The molecule has 0 radical (unpaired) electrons. The van der Waals surface area contributed by atoms with Crippen molar-refractivity contribution in [3.8, 4) is 0 Å². The lowest BCUT2D eigenvalue weighted by Gasteiger charge is -2.32. The molecule has 5 heterocycles. The fourth-order valence-electron chi connectivity index (χ4n) is 5.30. The Morgan fingerprint density at radius 1 is 1.35 bits per heavy atom. The van der Waals surface area contributed by atoms with Crippen LogP contribution in [0.4, 0.5) is 0 Å². The summed E-state index contributed by atoms with van der Waals surface area (Å²) in [6.07, 6.45) is 9.08. The predicted molar refractivity (Wildman–Crippen MR) is 97.2 cm³/mol. The van der Waals surface area contributed by atoms with Crippen LogP contribution in [0.25, 0.3) is 6.08 Å². The summed E-state index contributed by atoms with van der Waals surface area (Å²) in [6.45, 7) is 4.37. The van der Waals surface area contributed by atoms with E-state index in [4.69, 9.17) is 8.83 Å². The third-order valence-corrected chi connectivity index (χ3v) is 6.34. The molecule has 2 aromatic rings. The van der Waals surface area contributed by atoms with Crippen LogP contribution in [0, 0.1) is 12.8 Å². The van der Waals surface area contributed by atoms with Crippen LogP contribution < -0.4 is 0 Å². The Labute approximate surface area is 153 Å². The topological polar surface area (TPSA) is 49.8 Å². The quantitative estimate of drug-likeness (QED) is 0.846. The van der Waals surface area contributed by atoms with E-state index >= 15 is 0 Å². The number of hydrogen-bond acceptors (Lipinski definition) is 4. The number of hydrogen-bond donors (Lipinski definition) is 0. The Balaban J connectivity index is 1.37. The predicted octanol–water partition coefficient (Wildman–Crippen LogP) is 3.46. The van der Waals surface area contributed by atoms with Gasteiger partial charge in [-0.2, -0.15) is 0 Å². The summed E-state index contributed by atoms with van der Waals surface area (Å²) >= 11 is 0. The zero-order valence-electron chi connectivity index (χ0n) is 15.1. The van der Waals surface area contributed by atoms with Crippen LogP contribution in [-0.4, -0.2) is 40.4 Å². The summed E-state index contributed by atoms with van der Waals surface area (Å²) in [5.74, 6) is 3.35. The Hall–Kier alpha value is -2.27. The van der Waals surface area contributed by atoms with Gasteiger partial charge in [-0.05, 0) is 63.1 Å². The normalized spacial score (nSPS) is 31.3. The number of nitrogens with zero attached hydrogens (tertiary/aromatic N) is 2. The van der Waals surface area contributed by atoms with Gasteiger partial charge >= 0.3 is 0 Å². The molecule has 1 amide bonds. The molecule has 5 heteroatoms. The molecule has 0 bridgehead atoms. The Morgan fingerprint density at radius 2 is 2.27 bits per heavy atom. The number of rotatable bonds is 4. The highest BCUT2D eigenvalue weighted by Crippen LogP contribution is 2.51. The molecule has 3 aliphatic rings. The van der Waals surface area contributed by atoms with Gasteiger partial charge in [-0.3, -0.25) is 9.69 Å². The molecular weight excluding hydrogens is 328 g/mol. The van der Waals surface area contributed by atoms with E-state index in [9.17, 15) is 4.79 Å². The van der Waals surface area contributed by atoms with Crippen LogP contribution in [0.15, 0.2) is 45.4 Å². The maximum Gasteiger partial charge on any atom is 0.243 e. The van der Waals surface area contributed by atoms with Crippen molar-refractivity contribution in [3.05, 3.63) is 53.9 Å². The summed E-state index contributed by atoms with van der Waals surface area (Å²) in [4.78, 5) is 17.8. The summed E-state index contributed by atoms with van der Waals surface area (Å²) in [7, 11) is 0. The third-order valence-electron chi connectivity index (χ3n) is 6.34. The molecule has 0 unspecified atom stereocenters. The molecule has 0 aliphatic carbocycles. The maximum absolute atomic E-state index is 13.4. The highest BCUT2D eigenvalue weighted by molar-refractivity contribution is 5.90. The summed E-state index contributed by atoms with van der Waals surface area (Å²) in [5, 5.41) is 0. The first-order valence-corrected chi connectivity index (χ1v) is 9.50. The van der Waals surface area contributed by atoms with Gasteiger partial charge in [0.1, 0.15) is 22.8 Å². The SMILES string of the molecule is Cc1ccc(CN2C[C@@H]3C[C@@H](/C=C/c4ccco4)N4CCC[C@@]34C2=O)o1. The molecule has 5 nitrogen and oxygen atoms in total. The Bertz CT molecular complexity index is 837. The molecule has 136 valence electrons. The zero-order chi connectivity index (χ0) is 17.7. The Morgan fingerprint density at radius 3 is 3.04 bits per heavy atom. The van der Waals surface area contributed by atoms with Crippen LogP contribution in [0.1, 0.15) is 36.5 Å². The molecule has 0 N–H and O–H groups in total. The van der Waals surface area contributed by atoms with Gasteiger partial charge in [0.15, 0.2) is 0 Å². The first-order valence-electron chi connectivity index (χ1n) is 9.50. The molecular formula is C21H24N2O3. The highest BCUT2D eigenvalue weighted by atomic mass is 16.3. The van der Waals surface area contributed by atoms with Gasteiger partial charge in [-0.25, -0.2) is 0 Å². The molecule has 3 atom stereocenters. The van der Waals surface area contributed by atoms with Crippen LogP contribution in [0.2, 0.25) is 0 Å². The molecule has 0 saturated carbocycles. The van der Waals surface area contributed by atoms with E-state index in [1.165, 1.54) is 0 Å². The molecule has 3 saturated heterocycles. The number of carbonyl (C=O) groups excluding carboxylic acids is 1. The van der Waals surface area contributed by atoms with Crippen molar-refractivity contribution in [2.45, 2.75) is 44.3 Å². The van der Waals surface area contributed by atoms with Gasteiger partial charge in [-0.15, -0.1) is 0 Å². The number of furan rings is 2. The van der Waals surface area contributed by atoms with E-state index in [0.717, 1.165) is 49.6 Å². The average Bonchev–Trinajstić information content (AvgIpc) is 3.40. The highest BCUT2D eigenvalue weighted by Gasteiger charge is 2.64. The van der Waals surface area contributed by atoms with Crippen molar-refractivity contribution in [3.63, 3.8) is 0 Å². The second kappa shape index (κ2) is 5.88. The molecule has 3 aliphatic heterocycles. The van der Waals surface area contributed by atoms with E-state index in [0.29, 0.717) is 24.4 Å². The minimum atomic E-state index is -0.292. The van der Waals surface area contributed by atoms with Crippen molar-refractivity contribution >= 4 is 12.0 Å². The van der Waals surface area contributed by atoms with Crippen molar-refractivity contribution < 1.29 is 13.6 Å². The lowest BCUT2D eigenvalue weighted by atomic mass is 9.85. The second-order valence-electron chi connectivity index (χ2n) is 7.79. The van der Waals surface area contributed by atoms with E-state index in [1.807, 2.05) is 42.2 Å². The molecule has 26 heavy (non-hydrogen) atoms. The van der Waals surface area contributed by atoms with Crippen LogP contribution in [0.5, 0.6) is 0 Å². The lowest BCUT2D eigenvalue weighted by Crippen LogP contribution is -2.50. The lowest BCUT2D eigenvalue weighted by molar-refractivity contribution is -0.137. The van der Waals surface area contributed by atoms with E-state index in [1.54, 1.807) is 6.26 Å². The van der Waals surface area contributed by atoms with Crippen molar-refractivity contribution in [1.82, 2.24) is 9.80 Å². The fourth-order valence-corrected chi connectivity index (χ4v) is 5.30. The molecule has 1 spiro atoms. The minimum absolute atomic E-state index is 0.292. The van der Waals surface area contributed by atoms with Gasteiger partial charge in [0, 0.05) is 18.5 Å². The van der Waals surface area contributed by atoms with Crippen molar-refractivity contribution in [2.75, 3.05) is 13.1 Å². The number of likely N-dealkylation sites (tertiary alicyclic amines) is 1. The van der Waals surface area contributed by atoms with Crippen LogP contribution in [0.3, 0.4) is 0 Å². The van der Waals surface area contributed by atoms with Gasteiger partial charge in [-0.1, -0.05) is 6.08 Å². The monoisotopic (exact) mass is 352 g/mol. The van der Waals surface area contributed by atoms with Crippen molar-refractivity contribution in [2.24, 2.45) is 5.92 Å². The van der Waals surface area contributed by atoms with Gasteiger partial charge in [0.2, 0.25) is 5.91 Å². The van der Waals surface area contributed by atoms with Crippen LogP contribution >= 0.6 is 0 Å². The summed E-state index contributed by atoms with van der Waals surface area (Å²) < 4.78 is 11.1. The van der Waals surface area contributed by atoms with Gasteiger partial charge in [0.05, 0.1) is 12.8 Å². The van der Waals surface area contributed by atoms with Crippen molar-refractivity contribution in [1.29, 1.82) is 0 Å². The third kappa shape index (κ3) is 2.30. The Kier molecular flexibility index (Phi) is 3.60. The first-order chi connectivity index (χ1) is 12.7. The summed E-state index contributed by atoms with van der Waals surface area (Å²) in [5.41, 5.74) is -0.292. The fraction of sp³-hybridized carbons (Fsp3) is 0.476. The van der Waals surface area contributed by atoms with Gasteiger partial charge < -0.3 is 13.7 Å². The van der Waals surface area contributed by atoms with Gasteiger partial charge in [0.25, 0.3) is 0 Å². The smallest absolute Gasteiger partial charge is 0.243 e. The first kappa shape index (κ1) is 15.9. The molecule has 5 rings (SSSR count). The summed E-state index contributed by atoms with van der Waals surface area (Å²) in [6, 6.07) is 8.13. The zero-order valence-corrected chi connectivity index (χ0v) is 15.1. The average molecular weight is 352 g/mol. The number of aryl methyl sites for hydroxylation is 1. The van der Waals surface area contributed by atoms with E-state index < -0.39 is 0 Å². The molecule has 3 fully saturated rings.